The number of nitrogens with one attached hydrogen (secondary N) is 1. The summed E-state index contributed by atoms with van der Waals surface area (Å²) in [6, 6.07) is 5.90. The highest BCUT2D eigenvalue weighted by Crippen LogP contribution is 2.16. The maximum atomic E-state index is 12.1. The number of hydrogen-bond donors (Lipinski definition) is 2. The highest BCUT2D eigenvalue weighted by molar-refractivity contribution is 7.92. The van der Waals surface area contributed by atoms with E-state index in [1.54, 1.807) is 19.1 Å². The Kier molecular flexibility index (Phi) is 3.15. The molecule has 0 atom stereocenters. The van der Waals surface area contributed by atoms with Crippen molar-refractivity contribution in [2.45, 2.75) is 11.8 Å². The molecule has 94 valence electrons. The lowest BCUT2D eigenvalue weighted by atomic mass is 10.3. The lowest BCUT2D eigenvalue weighted by molar-refractivity contribution is 0.601. The summed E-state index contributed by atoms with van der Waals surface area (Å²) in [6.45, 7) is 1.78. The van der Waals surface area contributed by atoms with Gasteiger partial charge in [0.15, 0.2) is 0 Å². The third-order valence-electron chi connectivity index (χ3n) is 2.21. The van der Waals surface area contributed by atoms with E-state index in [1.165, 1.54) is 24.5 Å². The van der Waals surface area contributed by atoms with Gasteiger partial charge in [0.25, 0.3) is 10.0 Å². The van der Waals surface area contributed by atoms with Crippen LogP contribution in [-0.4, -0.2) is 18.4 Å². The van der Waals surface area contributed by atoms with Crippen LogP contribution >= 0.6 is 0 Å². The number of aromatic nitrogens is 2. The quantitative estimate of drug-likeness (QED) is 0.867. The smallest absolute Gasteiger partial charge is 0.262 e. The SMILES string of the molecule is Cc1cc(NS(=O)(=O)c2ccnc(N)c2)ccn1. The first-order valence-corrected chi connectivity index (χ1v) is 6.63. The van der Waals surface area contributed by atoms with Crippen molar-refractivity contribution in [2.24, 2.45) is 0 Å². The van der Waals surface area contributed by atoms with E-state index >= 15 is 0 Å². The number of nitrogen functional groups attached to an aromatic ring is 1. The second-order valence-corrected chi connectivity index (χ2v) is 5.39. The Morgan fingerprint density at radius 3 is 2.56 bits per heavy atom. The third-order valence-corrected chi connectivity index (χ3v) is 3.59. The van der Waals surface area contributed by atoms with Crippen molar-refractivity contribution in [3.63, 3.8) is 0 Å². The Labute approximate surface area is 105 Å². The summed E-state index contributed by atoms with van der Waals surface area (Å²) in [5.74, 6) is 0.156. The van der Waals surface area contributed by atoms with Crippen LogP contribution in [0, 0.1) is 6.92 Å². The number of hydrogen-bond acceptors (Lipinski definition) is 5. The minimum atomic E-state index is -3.65. The van der Waals surface area contributed by atoms with E-state index in [4.69, 9.17) is 5.73 Å². The molecule has 0 aliphatic rings. The Balaban J connectivity index is 2.33. The van der Waals surface area contributed by atoms with E-state index in [2.05, 4.69) is 14.7 Å². The van der Waals surface area contributed by atoms with E-state index in [-0.39, 0.29) is 10.7 Å². The monoisotopic (exact) mass is 264 g/mol. The zero-order chi connectivity index (χ0) is 13.2. The Morgan fingerprint density at radius 1 is 1.17 bits per heavy atom. The average molecular weight is 264 g/mol. The second-order valence-electron chi connectivity index (χ2n) is 3.71. The number of sulfonamides is 1. The number of nitrogens with two attached hydrogens (primary N) is 1. The molecular formula is C11H12N4O2S. The second kappa shape index (κ2) is 4.61. The average Bonchev–Trinajstić information content (AvgIpc) is 2.28. The van der Waals surface area contributed by atoms with Gasteiger partial charge in [0.2, 0.25) is 0 Å². The lowest BCUT2D eigenvalue weighted by Gasteiger charge is -2.08. The minimum Gasteiger partial charge on any atom is -0.384 e. The summed E-state index contributed by atoms with van der Waals surface area (Å²) in [4.78, 5) is 7.82. The molecule has 7 heteroatoms. The largest absolute Gasteiger partial charge is 0.384 e. The van der Waals surface area contributed by atoms with Crippen molar-refractivity contribution in [1.29, 1.82) is 0 Å². The first-order valence-electron chi connectivity index (χ1n) is 5.14. The van der Waals surface area contributed by atoms with Gasteiger partial charge in [0.1, 0.15) is 5.82 Å². The maximum Gasteiger partial charge on any atom is 0.262 e. The number of anilines is 2. The van der Waals surface area contributed by atoms with Gasteiger partial charge in [0, 0.05) is 24.2 Å². The molecular weight excluding hydrogens is 252 g/mol. The number of pyridine rings is 2. The van der Waals surface area contributed by atoms with Crippen molar-refractivity contribution in [3.05, 3.63) is 42.4 Å². The molecule has 0 spiro atoms. The van der Waals surface area contributed by atoms with Crippen LogP contribution < -0.4 is 10.5 Å². The standard InChI is InChI=1S/C11H12N4O2S/c1-8-6-9(2-4-13-8)15-18(16,17)10-3-5-14-11(12)7-10/h2-7H,1H3,(H2,12,14)(H,13,15). The normalized spacial score (nSPS) is 11.2. The van der Waals surface area contributed by atoms with Crippen molar-refractivity contribution in [3.8, 4) is 0 Å². The van der Waals surface area contributed by atoms with Crippen molar-refractivity contribution >= 4 is 21.5 Å². The predicted molar refractivity (Wildman–Crippen MR) is 68.4 cm³/mol. The summed E-state index contributed by atoms with van der Waals surface area (Å²) in [5.41, 5.74) is 6.64. The molecule has 0 unspecified atom stereocenters. The van der Waals surface area contributed by atoms with Crippen molar-refractivity contribution in [2.75, 3.05) is 10.5 Å². The summed E-state index contributed by atoms with van der Waals surface area (Å²) >= 11 is 0. The highest BCUT2D eigenvalue weighted by atomic mass is 32.2. The molecule has 0 saturated carbocycles. The Bertz CT molecular complexity index is 670. The van der Waals surface area contributed by atoms with E-state index in [9.17, 15) is 8.42 Å². The van der Waals surface area contributed by atoms with Gasteiger partial charge in [-0.2, -0.15) is 0 Å². The van der Waals surface area contributed by atoms with Gasteiger partial charge in [0.05, 0.1) is 10.6 Å². The summed E-state index contributed by atoms with van der Waals surface area (Å²) in [7, 11) is -3.65. The fourth-order valence-corrected chi connectivity index (χ4v) is 2.49. The number of aryl methyl sites for hydroxylation is 1. The molecule has 0 aromatic carbocycles. The summed E-state index contributed by atoms with van der Waals surface area (Å²) < 4.78 is 26.6. The first kappa shape index (κ1) is 12.3. The van der Waals surface area contributed by atoms with Gasteiger partial charge in [-0.1, -0.05) is 0 Å². The van der Waals surface area contributed by atoms with Gasteiger partial charge in [-0.05, 0) is 25.1 Å². The van der Waals surface area contributed by atoms with Crippen LogP contribution in [0.4, 0.5) is 11.5 Å². The third kappa shape index (κ3) is 2.75. The Morgan fingerprint density at radius 2 is 1.89 bits per heavy atom. The van der Waals surface area contributed by atoms with Gasteiger partial charge in [-0.3, -0.25) is 9.71 Å². The molecule has 2 heterocycles. The zero-order valence-corrected chi connectivity index (χ0v) is 10.5. The molecule has 0 radical (unpaired) electrons. The zero-order valence-electron chi connectivity index (χ0n) is 9.66. The maximum absolute atomic E-state index is 12.1. The van der Waals surface area contributed by atoms with E-state index in [0.29, 0.717) is 5.69 Å². The van der Waals surface area contributed by atoms with E-state index in [1.807, 2.05) is 0 Å². The molecule has 18 heavy (non-hydrogen) atoms. The summed E-state index contributed by atoms with van der Waals surface area (Å²) in [5, 5.41) is 0. The lowest BCUT2D eigenvalue weighted by Crippen LogP contribution is -2.13. The highest BCUT2D eigenvalue weighted by Gasteiger charge is 2.14. The van der Waals surface area contributed by atoms with Crippen LogP contribution in [0.3, 0.4) is 0 Å². The molecule has 0 aliphatic heterocycles. The van der Waals surface area contributed by atoms with Gasteiger partial charge in [-0.15, -0.1) is 0 Å². The molecule has 3 N–H and O–H groups in total. The van der Waals surface area contributed by atoms with Crippen molar-refractivity contribution < 1.29 is 8.42 Å². The molecule has 2 aromatic rings. The Hall–Kier alpha value is -2.15. The molecule has 0 fully saturated rings. The predicted octanol–water partition coefficient (Wildman–Crippen LogP) is 1.17. The van der Waals surface area contributed by atoms with Gasteiger partial charge >= 0.3 is 0 Å². The molecule has 2 aromatic heterocycles. The molecule has 0 bridgehead atoms. The van der Waals surface area contributed by atoms with Crippen molar-refractivity contribution in [1.82, 2.24) is 9.97 Å². The van der Waals surface area contributed by atoms with E-state index in [0.717, 1.165) is 5.69 Å². The van der Waals surface area contributed by atoms with Crippen LogP contribution in [0.5, 0.6) is 0 Å². The van der Waals surface area contributed by atoms with Gasteiger partial charge in [-0.25, -0.2) is 13.4 Å². The fourth-order valence-electron chi connectivity index (χ4n) is 1.42. The summed E-state index contributed by atoms with van der Waals surface area (Å²) in [6.07, 6.45) is 2.88. The molecule has 6 nitrogen and oxygen atoms in total. The van der Waals surface area contributed by atoms with Crippen LogP contribution in [-0.2, 0) is 10.0 Å². The molecule has 0 amide bonds. The van der Waals surface area contributed by atoms with E-state index < -0.39 is 10.0 Å². The van der Waals surface area contributed by atoms with Gasteiger partial charge < -0.3 is 5.73 Å². The number of nitrogens with zero attached hydrogens (tertiary/aromatic N) is 2. The minimum absolute atomic E-state index is 0.0736. The van der Waals surface area contributed by atoms with Crippen LogP contribution in [0.15, 0.2) is 41.6 Å². The topological polar surface area (TPSA) is 98.0 Å². The van der Waals surface area contributed by atoms with Crippen LogP contribution in [0.25, 0.3) is 0 Å². The molecule has 0 aliphatic carbocycles. The van der Waals surface area contributed by atoms with Crippen LogP contribution in [0.1, 0.15) is 5.69 Å². The number of rotatable bonds is 3. The fraction of sp³-hybridized carbons (Fsp3) is 0.0909. The molecule has 2 rings (SSSR count). The van der Waals surface area contributed by atoms with Crippen LogP contribution in [0.2, 0.25) is 0 Å². The molecule has 0 saturated heterocycles. The first-order chi connectivity index (χ1) is 8.47.